The van der Waals surface area contributed by atoms with Gasteiger partial charge in [-0.15, -0.1) is 0 Å². The molecule has 0 aliphatic heterocycles. The molecular formula is C31H37Cl2N3O5S. The number of anilines is 1. The molecule has 11 heteroatoms. The van der Waals surface area contributed by atoms with Gasteiger partial charge in [0.25, 0.3) is 0 Å². The van der Waals surface area contributed by atoms with E-state index >= 15 is 0 Å². The predicted octanol–water partition coefficient (Wildman–Crippen LogP) is 6.06. The maximum Gasteiger partial charge on any atom is 0.244 e. The molecule has 3 aromatic rings. The van der Waals surface area contributed by atoms with E-state index < -0.39 is 28.5 Å². The zero-order valence-corrected chi connectivity index (χ0v) is 26.5. The van der Waals surface area contributed by atoms with E-state index in [1.165, 1.54) is 4.90 Å². The van der Waals surface area contributed by atoms with Crippen molar-refractivity contribution in [1.82, 2.24) is 10.2 Å². The molecule has 0 fully saturated rings. The summed E-state index contributed by atoms with van der Waals surface area (Å²) >= 11 is 12.3. The van der Waals surface area contributed by atoms with Gasteiger partial charge in [0.2, 0.25) is 21.8 Å². The molecule has 3 rings (SSSR count). The van der Waals surface area contributed by atoms with Crippen molar-refractivity contribution in [3.05, 3.63) is 94.0 Å². The summed E-state index contributed by atoms with van der Waals surface area (Å²) in [4.78, 5) is 28.5. The number of halogens is 2. The van der Waals surface area contributed by atoms with Gasteiger partial charge >= 0.3 is 0 Å². The minimum absolute atomic E-state index is 0.0338. The van der Waals surface area contributed by atoms with E-state index in [0.717, 1.165) is 22.5 Å². The first kappa shape index (κ1) is 33.2. The molecule has 226 valence electrons. The van der Waals surface area contributed by atoms with Gasteiger partial charge in [-0.1, -0.05) is 73.4 Å². The van der Waals surface area contributed by atoms with E-state index in [9.17, 15) is 18.0 Å². The number of rotatable bonds is 14. The van der Waals surface area contributed by atoms with Crippen LogP contribution in [0.3, 0.4) is 0 Å². The summed E-state index contributed by atoms with van der Waals surface area (Å²) in [7, 11) is -3.87. The van der Waals surface area contributed by atoms with Crippen molar-refractivity contribution < 1.29 is 22.7 Å². The van der Waals surface area contributed by atoms with Crippen LogP contribution in [-0.2, 0) is 32.8 Å². The number of hydrogen-bond donors (Lipinski definition) is 1. The number of carbonyl (C=O) groups excluding carboxylic acids is 2. The minimum atomic E-state index is -3.87. The Morgan fingerprint density at radius 1 is 0.905 bits per heavy atom. The van der Waals surface area contributed by atoms with Crippen LogP contribution in [-0.4, -0.2) is 50.0 Å². The van der Waals surface area contributed by atoms with Gasteiger partial charge in [-0.2, -0.15) is 0 Å². The summed E-state index contributed by atoms with van der Waals surface area (Å²) in [6, 6.07) is 20.2. The number of hydrogen-bond acceptors (Lipinski definition) is 5. The summed E-state index contributed by atoms with van der Waals surface area (Å²) in [5.41, 5.74) is 1.94. The quantitative estimate of drug-likeness (QED) is 0.233. The molecule has 8 nitrogen and oxygen atoms in total. The largest absolute Gasteiger partial charge is 0.489 e. The fourth-order valence-electron chi connectivity index (χ4n) is 4.26. The average Bonchev–Trinajstić information content (AvgIpc) is 2.96. The third-order valence-electron chi connectivity index (χ3n) is 6.78. The Labute approximate surface area is 258 Å². The van der Waals surface area contributed by atoms with Crippen LogP contribution in [0.15, 0.2) is 72.8 Å². The van der Waals surface area contributed by atoms with E-state index in [1.54, 1.807) is 49.4 Å². The molecule has 2 amide bonds. The number of ether oxygens (including phenoxy) is 1. The lowest BCUT2D eigenvalue weighted by Gasteiger charge is -2.33. The van der Waals surface area contributed by atoms with Crippen LogP contribution in [0.25, 0.3) is 0 Å². The van der Waals surface area contributed by atoms with Crippen LogP contribution in [0.5, 0.6) is 5.75 Å². The van der Waals surface area contributed by atoms with Crippen molar-refractivity contribution in [1.29, 1.82) is 0 Å². The molecule has 3 aromatic carbocycles. The van der Waals surface area contributed by atoms with Gasteiger partial charge in [-0.3, -0.25) is 13.9 Å². The fraction of sp³-hybridized carbons (Fsp3) is 0.355. The monoisotopic (exact) mass is 633 g/mol. The molecule has 0 bridgehead atoms. The molecule has 0 saturated carbocycles. The number of nitrogens with zero attached hydrogens (tertiary/aromatic N) is 2. The maximum absolute atomic E-state index is 13.9. The smallest absolute Gasteiger partial charge is 0.244 e. The Hall–Kier alpha value is -3.27. The van der Waals surface area contributed by atoms with Gasteiger partial charge < -0.3 is 15.0 Å². The Kier molecular flexibility index (Phi) is 12.1. The Morgan fingerprint density at radius 2 is 1.57 bits per heavy atom. The normalized spacial score (nSPS) is 12.7. The van der Waals surface area contributed by atoms with Crippen molar-refractivity contribution in [3.63, 3.8) is 0 Å². The van der Waals surface area contributed by atoms with Crippen LogP contribution in [0.4, 0.5) is 5.69 Å². The molecular weight excluding hydrogens is 597 g/mol. The Balaban J connectivity index is 1.87. The lowest BCUT2D eigenvalue weighted by atomic mass is 10.1. The van der Waals surface area contributed by atoms with Gasteiger partial charge in [0.15, 0.2) is 0 Å². The summed E-state index contributed by atoms with van der Waals surface area (Å²) in [6.45, 7) is 5.53. The van der Waals surface area contributed by atoms with Crippen LogP contribution in [0, 0.1) is 0 Å². The lowest BCUT2D eigenvalue weighted by molar-refractivity contribution is -0.140. The van der Waals surface area contributed by atoms with Gasteiger partial charge in [0, 0.05) is 12.6 Å². The standard InChI is InChI=1S/C31H37Cl2N3O5S/c1-5-22(3)34-31(38)29(6-2)35(19-24-12-17-27(32)28(33)18-24)30(37)20-36(42(4,39)40)25-13-15-26(16-14-25)41-21-23-10-8-7-9-11-23/h7-18,22,29H,5-6,19-21H2,1-4H3,(H,34,38). The number of nitrogens with one attached hydrogen (secondary N) is 1. The first-order valence-corrected chi connectivity index (χ1v) is 16.3. The predicted molar refractivity (Wildman–Crippen MR) is 168 cm³/mol. The molecule has 0 heterocycles. The highest BCUT2D eigenvalue weighted by atomic mass is 35.5. The molecule has 42 heavy (non-hydrogen) atoms. The molecule has 0 aliphatic carbocycles. The highest BCUT2D eigenvalue weighted by Gasteiger charge is 2.32. The van der Waals surface area contributed by atoms with Crippen LogP contribution < -0.4 is 14.4 Å². The second-order valence-electron chi connectivity index (χ2n) is 10.0. The SMILES string of the molecule is CCC(C)NC(=O)C(CC)N(Cc1ccc(Cl)c(Cl)c1)C(=O)CN(c1ccc(OCc2ccccc2)cc1)S(C)(=O)=O. The minimum Gasteiger partial charge on any atom is -0.489 e. The zero-order chi connectivity index (χ0) is 30.9. The second kappa shape index (κ2) is 15.3. The number of benzene rings is 3. The highest BCUT2D eigenvalue weighted by molar-refractivity contribution is 7.92. The summed E-state index contributed by atoms with van der Waals surface area (Å²) in [5.74, 6) is -0.301. The molecule has 0 spiro atoms. The van der Waals surface area contributed by atoms with Gasteiger partial charge in [-0.05, 0) is 67.3 Å². The third kappa shape index (κ3) is 9.37. The van der Waals surface area contributed by atoms with Crippen molar-refractivity contribution in [2.24, 2.45) is 0 Å². The van der Waals surface area contributed by atoms with Crippen LogP contribution >= 0.6 is 23.2 Å². The maximum atomic E-state index is 13.9. The average molecular weight is 635 g/mol. The third-order valence-corrected chi connectivity index (χ3v) is 8.66. The topological polar surface area (TPSA) is 96.0 Å². The lowest BCUT2D eigenvalue weighted by Crippen LogP contribution is -2.53. The molecule has 2 unspecified atom stereocenters. The molecule has 1 N–H and O–H groups in total. The second-order valence-corrected chi connectivity index (χ2v) is 12.8. The molecule has 0 aromatic heterocycles. The van der Waals surface area contributed by atoms with Crippen molar-refractivity contribution in [3.8, 4) is 5.75 Å². The summed E-state index contributed by atoms with van der Waals surface area (Å²) in [6.07, 6.45) is 2.08. The van der Waals surface area contributed by atoms with E-state index in [0.29, 0.717) is 40.1 Å². The van der Waals surface area contributed by atoms with E-state index in [-0.39, 0.29) is 18.5 Å². The molecule has 0 radical (unpaired) electrons. The highest BCUT2D eigenvalue weighted by Crippen LogP contribution is 2.26. The van der Waals surface area contributed by atoms with Gasteiger partial charge in [0.05, 0.1) is 22.0 Å². The Bertz CT molecular complexity index is 1450. The number of amides is 2. The van der Waals surface area contributed by atoms with E-state index in [1.807, 2.05) is 44.2 Å². The Morgan fingerprint density at radius 3 is 2.14 bits per heavy atom. The number of sulfonamides is 1. The molecule has 0 saturated heterocycles. The van der Waals surface area contributed by atoms with Crippen molar-refractivity contribution >= 4 is 50.7 Å². The van der Waals surface area contributed by atoms with Gasteiger partial charge in [0.1, 0.15) is 24.9 Å². The number of carbonyl (C=O) groups is 2. The fourth-order valence-corrected chi connectivity index (χ4v) is 5.43. The first-order valence-electron chi connectivity index (χ1n) is 13.7. The zero-order valence-electron chi connectivity index (χ0n) is 24.2. The first-order chi connectivity index (χ1) is 19.9. The van der Waals surface area contributed by atoms with Crippen LogP contribution in [0.1, 0.15) is 44.7 Å². The van der Waals surface area contributed by atoms with E-state index in [2.05, 4.69) is 5.32 Å². The van der Waals surface area contributed by atoms with E-state index in [4.69, 9.17) is 27.9 Å². The molecule has 0 aliphatic rings. The summed E-state index contributed by atoms with van der Waals surface area (Å²) < 4.78 is 32.6. The summed E-state index contributed by atoms with van der Waals surface area (Å²) in [5, 5.41) is 3.61. The molecule has 2 atom stereocenters. The van der Waals surface area contributed by atoms with Crippen LogP contribution in [0.2, 0.25) is 10.0 Å². The van der Waals surface area contributed by atoms with Crippen molar-refractivity contribution in [2.45, 2.75) is 58.8 Å². The van der Waals surface area contributed by atoms with Gasteiger partial charge in [-0.25, -0.2) is 8.42 Å². The van der Waals surface area contributed by atoms with Crippen molar-refractivity contribution in [2.75, 3.05) is 17.1 Å².